The number of hydrogen-bond acceptors (Lipinski definition) is 5. The number of pyridine rings is 1. The number of aryl methyl sites for hydroxylation is 1. The van der Waals surface area contributed by atoms with Gasteiger partial charge in [0, 0.05) is 36.0 Å². The molecule has 0 saturated carbocycles. The molecule has 3 rings (SSSR count). The number of ether oxygens (including phenoxy) is 1. The Balaban J connectivity index is 1.75. The first-order valence-corrected chi connectivity index (χ1v) is 10.7. The van der Waals surface area contributed by atoms with Crippen molar-refractivity contribution in [3.8, 4) is 5.75 Å². The summed E-state index contributed by atoms with van der Waals surface area (Å²) >= 11 is 0. The Morgan fingerprint density at radius 2 is 1.96 bits per heavy atom. The van der Waals surface area contributed by atoms with E-state index in [4.69, 9.17) is 4.74 Å². The highest BCUT2D eigenvalue weighted by Crippen LogP contribution is 2.24. The second-order valence-electron chi connectivity index (χ2n) is 6.87. The molecule has 0 atom stereocenters. The summed E-state index contributed by atoms with van der Waals surface area (Å²) in [6.45, 7) is 5.08. The highest BCUT2D eigenvalue weighted by atomic mass is 32.2. The van der Waals surface area contributed by atoms with Crippen LogP contribution in [-0.4, -0.2) is 43.8 Å². The van der Waals surface area contributed by atoms with Crippen LogP contribution in [0.5, 0.6) is 5.75 Å². The van der Waals surface area contributed by atoms with E-state index in [1.54, 1.807) is 25.4 Å². The molecule has 1 saturated heterocycles. The maximum Gasteiger partial charge on any atom is 0.251 e. The van der Waals surface area contributed by atoms with E-state index in [2.05, 4.69) is 10.3 Å². The fraction of sp³-hybridized carbons (Fsp3) is 0.400. The lowest BCUT2D eigenvalue weighted by molar-refractivity contribution is 0.0950. The van der Waals surface area contributed by atoms with Gasteiger partial charge >= 0.3 is 0 Å². The quantitative estimate of drug-likeness (QED) is 0.800. The molecule has 0 bridgehead atoms. The molecule has 1 aromatic carbocycles. The van der Waals surface area contributed by atoms with Crippen LogP contribution >= 0.6 is 0 Å². The fourth-order valence-electron chi connectivity index (χ4n) is 3.39. The highest BCUT2D eigenvalue weighted by molar-refractivity contribution is 7.89. The van der Waals surface area contributed by atoms with Gasteiger partial charge in [-0.25, -0.2) is 8.42 Å². The highest BCUT2D eigenvalue weighted by Gasteiger charge is 2.27. The number of aromatic nitrogens is 1. The van der Waals surface area contributed by atoms with Crippen LogP contribution in [0.2, 0.25) is 0 Å². The molecule has 0 radical (unpaired) electrons. The number of methoxy groups -OCH3 is 1. The average molecular weight is 404 g/mol. The van der Waals surface area contributed by atoms with Gasteiger partial charge in [0.05, 0.1) is 24.2 Å². The van der Waals surface area contributed by atoms with Gasteiger partial charge in [-0.2, -0.15) is 4.31 Å². The van der Waals surface area contributed by atoms with Gasteiger partial charge in [0.15, 0.2) is 0 Å². The van der Waals surface area contributed by atoms with Crippen LogP contribution in [0.25, 0.3) is 0 Å². The second-order valence-corrected chi connectivity index (χ2v) is 8.81. The fourth-order valence-corrected chi connectivity index (χ4v) is 4.95. The Morgan fingerprint density at radius 1 is 1.25 bits per heavy atom. The Morgan fingerprint density at radius 3 is 2.64 bits per heavy atom. The van der Waals surface area contributed by atoms with Crippen LogP contribution < -0.4 is 10.1 Å². The van der Waals surface area contributed by atoms with E-state index >= 15 is 0 Å². The predicted molar refractivity (Wildman–Crippen MR) is 106 cm³/mol. The van der Waals surface area contributed by atoms with Crippen molar-refractivity contribution in [2.75, 3.05) is 20.2 Å². The third kappa shape index (κ3) is 4.02. The number of nitrogens with one attached hydrogen (secondary N) is 1. The summed E-state index contributed by atoms with van der Waals surface area (Å²) in [5, 5.41) is 2.81. The molecule has 28 heavy (non-hydrogen) atoms. The largest absolute Gasteiger partial charge is 0.496 e. The van der Waals surface area contributed by atoms with Crippen LogP contribution in [0, 0.1) is 13.8 Å². The minimum absolute atomic E-state index is 0.147. The molecule has 7 nitrogen and oxygen atoms in total. The van der Waals surface area contributed by atoms with Gasteiger partial charge in [0.1, 0.15) is 5.75 Å². The van der Waals surface area contributed by atoms with Crippen molar-refractivity contribution in [2.24, 2.45) is 0 Å². The van der Waals surface area contributed by atoms with E-state index in [-0.39, 0.29) is 17.3 Å². The molecule has 8 heteroatoms. The van der Waals surface area contributed by atoms with E-state index in [0.717, 1.165) is 29.7 Å². The van der Waals surface area contributed by atoms with Crippen molar-refractivity contribution in [1.82, 2.24) is 14.6 Å². The lowest BCUT2D eigenvalue weighted by atomic mass is 10.1. The first-order valence-electron chi connectivity index (χ1n) is 9.22. The summed E-state index contributed by atoms with van der Waals surface area (Å²) in [6, 6.07) is 6.16. The molecule has 0 aliphatic carbocycles. The minimum atomic E-state index is -3.56. The number of benzene rings is 1. The minimum Gasteiger partial charge on any atom is -0.496 e. The Bertz CT molecular complexity index is 983. The zero-order valence-corrected chi connectivity index (χ0v) is 17.2. The third-order valence-corrected chi connectivity index (χ3v) is 6.86. The van der Waals surface area contributed by atoms with Gasteiger partial charge in [0.25, 0.3) is 5.91 Å². The normalized spacial score (nSPS) is 14.8. The summed E-state index contributed by atoms with van der Waals surface area (Å²) in [5.74, 6) is 0.400. The van der Waals surface area contributed by atoms with Crippen LogP contribution in [0.4, 0.5) is 0 Å². The molecular formula is C20H25N3O4S. The van der Waals surface area contributed by atoms with Gasteiger partial charge in [-0.1, -0.05) is 6.07 Å². The van der Waals surface area contributed by atoms with E-state index in [0.29, 0.717) is 24.3 Å². The molecule has 2 aromatic rings. The molecule has 1 aromatic heterocycles. The predicted octanol–water partition coefficient (Wildman–Crippen LogP) is 2.42. The molecule has 0 spiro atoms. The standard InChI is InChI=1S/C20H25N3O4S/c1-14-12-21-18(15(2)19(14)27-3)13-22-20(24)16-7-6-8-17(11-16)28(25,26)23-9-4-5-10-23/h6-8,11-12H,4-5,9-10,13H2,1-3H3,(H,22,24). The SMILES string of the molecule is COc1c(C)cnc(CNC(=O)c2cccc(S(=O)(=O)N3CCCC3)c2)c1C. The van der Waals surface area contributed by atoms with E-state index < -0.39 is 10.0 Å². The van der Waals surface area contributed by atoms with Crippen molar-refractivity contribution in [3.63, 3.8) is 0 Å². The molecule has 1 aliphatic rings. The van der Waals surface area contributed by atoms with E-state index in [1.165, 1.54) is 16.4 Å². The lowest BCUT2D eigenvalue weighted by Crippen LogP contribution is -2.28. The summed E-state index contributed by atoms with van der Waals surface area (Å²) in [6.07, 6.45) is 3.44. The molecular weight excluding hydrogens is 378 g/mol. The van der Waals surface area contributed by atoms with Gasteiger partial charge in [-0.05, 0) is 44.9 Å². The molecule has 1 N–H and O–H groups in total. The monoisotopic (exact) mass is 403 g/mol. The summed E-state index contributed by atoms with van der Waals surface area (Å²) in [5.41, 5.74) is 2.80. The van der Waals surface area contributed by atoms with Crippen LogP contribution in [0.15, 0.2) is 35.4 Å². The zero-order chi connectivity index (χ0) is 20.3. The van der Waals surface area contributed by atoms with Crippen LogP contribution in [0.3, 0.4) is 0 Å². The molecule has 0 unspecified atom stereocenters. The first-order chi connectivity index (χ1) is 13.3. The Kier molecular flexibility index (Phi) is 6.00. The second kappa shape index (κ2) is 8.28. The molecule has 1 aliphatic heterocycles. The number of nitrogens with zero attached hydrogens (tertiary/aromatic N) is 2. The third-order valence-electron chi connectivity index (χ3n) is 4.97. The Labute approximate surface area is 165 Å². The molecule has 2 heterocycles. The summed E-state index contributed by atoms with van der Waals surface area (Å²) in [7, 11) is -1.96. The van der Waals surface area contributed by atoms with E-state index in [9.17, 15) is 13.2 Å². The topological polar surface area (TPSA) is 88.6 Å². The smallest absolute Gasteiger partial charge is 0.251 e. The number of carbonyl (C=O) groups excluding carboxylic acids is 1. The maximum absolute atomic E-state index is 12.7. The van der Waals surface area contributed by atoms with Crippen molar-refractivity contribution in [3.05, 3.63) is 52.8 Å². The number of hydrogen-bond donors (Lipinski definition) is 1. The Hall–Kier alpha value is -2.45. The number of carbonyl (C=O) groups is 1. The molecule has 150 valence electrons. The number of sulfonamides is 1. The first kappa shape index (κ1) is 20.3. The number of amides is 1. The summed E-state index contributed by atoms with van der Waals surface area (Å²) in [4.78, 5) is 17.1. The maximum atomic E-state index is 12.7. The van der Waals surface area contributed by atoms with Crippen molar-refractivity contribution in [1.29, 1.82) is 0 Å². The molecule has 1 amide bonds. The van der Waals surface area contributed by atoms with Crippen LogP contribution in [-0.2, 0) is 16.6 Å². The average Bonchev–Trinajstić information content (AvgIpc) is 3.23. The van der Waals surface area contributed by atoms with Crippen molar-refractivity contribution < 1.29 is 17.9 Å². The lowest BCUT2D eigenvalue weighted by Gasteiger charge is -2.16. The van der Waals surface area contributed by atoms with E-state index in [1.807, 2.05) is 13.8 Å². The van der Waals surface area contributed by atoms with Gasteiger partial charge in [0.2, 0.25) is 10.0 Å². The van der Waals surface area contributed by atoms with Gasteiger partial charge < -0.3 is 10.1 Å². The zero-order valence-electron chi connectivity index (χ0n) is 16.4. The summed E-state index contributed by atoms with van der Waals surface area (Å²) < 4.78 is 32.3. The van der Waals surface area contributed by atoms with Crippen molar-refractivity contribution >= 4 is 15.9 Å². The van der Waals surface area contributed by atoms with Gasteiger partial charge in [-0.3, -0.25) is 9.78 Å². The molecule has 1 fully saturated rings. The van der Waals surface area contributed by atoms with Crippen molar-refractivity contribution in [2.45, 2.75) is 38.1 Å². The number of rotatable bonds is 6. The van der Waals surface area contributed by atoms with Gasteiger partial charge in [-0.15, -0.1) is 0 Å². The van der Waals surface area contributed by atoms with Crippen LogP contribution in [0.1, 0.15) is 40.0 Å².